The molecule has 18 aromatic carbocycles. The standard InChI is InChI=1S/C108H66N4O2/c1-6-20-67(21-7-1)72-42-51-96-89(58-72)84-49-40-78(76-46-54-99-93(62-76)91-60-73(68-22-8-2-9-23-68)43-52-97(91)109(99)80-26-12-4-13-27-80)64-103(84)111(96)82-48-57-106-95(66-82)88-32-18-31-83(107(88)113-106)71-38-36-70(37-39-71)75-45-56-101-90(59-75)85-50-41-79(65-104(85)112(101)102-34-19-33-87-86-30-16-17-35-105(86)114-108(87)102)77-47-55-100-94(63-77)92-61-74(69-24-10-3-11-25-69)44-53-98(92)110(100)81-28-14-5-15-29-81/h1-66H. The molecule has 24 aromatic rings. The molecule has 0 fully saturated rings. The van der Waals surface area contributed by atoms with Gasteiger partial charge < -0.3 is 27.1 Å². The topological polar surface area (TPSA) is 46.0 Å². The molecule has 0 unspecified atom stereocenters. The highest BCUT2D eigenvalue weighted by atomic mass is 16.3. The highest BCUT2D eigenvalue weighted by molar-refractivity contribution is 6.18. The lowest BCUT2D eigenvalue weighted by molar-refractivity contribution is 0.666. The van der Waals surface area contributed by atoms with Crippen molar-refractivity contribution in [3.8, 4) is 101 Å². The lowest BCUT2D eigenvalue weighted by atomic mass is 9.97. The van der Waals surface area contributed by atoms with Crippen LogP contribution in [0.25, 0.3) is 232 Å². The van der Waals surface area contributed by atoms with Gasteiger partial charge in [-0.3, -0.25) is 0 Å². The minimum Gasteiger partial charge on any atom is -0.455 e. The lowest BCUT2D eigenvalue weighted by Crippen LogP contribution is -1.95. The van der Waals surface area contributed by atoms with Gasteiger partial charge in [0.25, 0.3) is 0 Å². The van der Waals surface area contributed by atoms with Crippen molar-refractivity contribution < 1.29 is 8.83 Å². The van der Waals surface area contributed by atoms with Crippen LogP contribution in [0.2, 0.25) is 0 Å². The van der Waals surface area contributed by atoms with Crippen LogP contribution in [0.5, 0.6) is 0 Å². The third-order valence-electron chi connectivity index (χ3n) is 24.0. The first-order valence-corrected chi connectivity index (χ1v) is 39.1. The van der Waals surface area contributed by atoms with Gasteiger partial charge >= 0.3 is 0 Å². The van der Waals surface area contributed by atoms with Crippen LogP contribution in [0.4, 0.5) is 0 Å². The number of hydrogen-bond donors (Lipinski definition) is 0. The van der Waals surface area contributed by atoms with E-state index in [4.69, 9.17) is 8.83 Å². The van der Waals surface area contributed by atoms with Crippen molar-refractivity contribution in [3.05, 3.63) is 400 Å². The monoisotopic (exact) mass is 1450 g/mol. The Kier molecular flexibility index (Phi) is 14.0. The van der Waals surface area contributed by atoms with Gasteiger partial charge in [0.05, 0.1) is 49.8 Å². The number of aromatic nitrogens is 4. The van der Waals surface area contributed by atoms with Gasteiger partial charge in [0.15, 0.2) is 5.58 Å². The molecule has 0 bridgehead atoms. The molecule has 0 aliphatic rings. The summed E-state index contributed by atoms with van der Waals surface area (Å²) in [5, 5.41) is 13.9. The van der Waals surface area contributed by atoms with Crippen molar-refractivity contribution in [2.24, 2.45) is 0 Å². The number of para-hydroxylation sites is 5. The Balaban J connectivity index is 0.609. The fraction of sp³-hybridized carbons (Fsp3) is 0. The molecule has 6 heteroatoms. The van der Waals surface area contributed by atoms with Gasteiger partial charge in [0.2, 0.25) is 0 Å². The summed E-state index contributed by atoms with van der Waals surface area (Å²) in [5.74, 6) is 0. The van der Waals surface area contributed by atoms with Crippen LogP contribution in [0.1, 0.15) is 0 Å². The predicted octanol–water partition coefficient (Wildman–Crippen LogP) is 29.5. The zero-order valence-corrected chi connectivity index (χ0v) is 61.7. The van der Waals surface area contributed by atoms with Gasteiger partial charge in [-0.2, -0.15) is 0 Å². The van der Waals surface area contributed by atoms with Crippen LogP contribution in [0.15, 0.2) is 409 Å². The van der Waals surface area contributed by atoms with E-state index in [-0.39, 0.29) is 0 Å². The maximum Gasteiger partial charge on any atom is 0.159 e. The number of rotatable bonds is 11. The molecule has 0 aliphatic heterocycles. The molecule has 0 aliphatic carbocycles. The van der Waals surface area contributed by atoms with Gasteiger partial charge in [-0.1, -0.05) is 261 Å². The van der Waals surface area contributed by atoms with E-state index in [0.717, 1.165) is 149 Å². The van der Waals surface area contributed by atoms with E-state index in [1.165, 1.54) is 82.2 Å². The molecule has 6 heterocycles. The Hall–Kier alpha value is -15.2. The third-order valence-corrected chi connectivity index (χ3v) is 24.0. The normalized spacial score (nSPS) is 12.0. The Morgan fingerprint density at radius 3 is 0.956 bits per heavy atom. The van der Waals surface area contributed by atoms with E-state index in [0.29, 0.717) is 0 Å². The van der Waals surface area contributed by atoms with Crippen LogP contribution >= 0.6 is 0 Å². The van der Waals surface area contributed by atoms with Crippen molar-refractivity contribution >= 4 is 131 Å². The van der Waals surface area contributed by atoms with Gasteiger partial charge in [-0.05, 0) is 212 Å². The highest BCUT2D eigenvalue weighted by Crippen LogP contribution is 2.47. The van der Waals surface area contributed by atoms with Crippen molar-refractivity contribution in [3.63, 3.8) is 0 Å². The van der Waals surface area contributed by atoms with Crippen molar-refractivity contribution in [1.82, 2.24) is 18.3 Å². The number of nitrogens with zero attached hydrogens (tertiary/aromatic N) is 4. The van der Waals surface area contributed by atoms with E-state index in [1.807, 2.05) is 0 Å². The summed E-state index contributed by atoms with van der Waals surface area (Å²) in [4.78, 5) is 0. The molecule has 24 rings (SSSR count). The highest BCUT2D eigenvalue weighted by Gasteiger charge is 2.24. The van der Waals surface area contributed by atoms with Gasteiger partial charge in [-0.15, -0.1) is 0 Å². The molecule has 0 amide bonds. The molecule has 0 saturated heterocycles. The maximum absolute atomic E-state index is 7.03. The minimum absolute atomic E-state index is 0.839. The SMILES string of the molecule is c1ccc(-c2ccc3c(c2)c2cc(-c4ccc5c6cc(-c7ccccc7)ccc6n(-c6ccc7oc8c(-c9ccc(-c%10ccc%11c(c%10)c%10ccc(-c%12ccc%13c(c%12)c%12cc(-c%14ccccc%14)ccc%12n%13-c%12ccccc%12)cc%10n%11-c%10cccc%11c%10oc%10ccccc%10%11)cc9)cccc8c7c6)c5c4)ccc2n3-c2ccccc2)cc1. The molecular formula is C108H66N4O2. The molecular weight excluding hydrogens is 1390 g/mol. The largest absolute Gasteiger partial charge is 0.455 e. The molecule has 0 radical (unpaired) electrons. The summed E-state index contributed by atoms with van der Waals surface area (Å²) in [6, 6.07) is 147. The van der Waals surface area contributed by atoms with Crippen LogP contribution < -0.4 is 0 Å². The fourth-order valence-electron chi connectivity index (χ4n) is 18.6. The van der Waals surface area contributed by atoms with Crippen molar-refractivity contribution in [2.45, 2.75) is 0 Å². The average Bonchev–Trinajstić information content (AvgIpc) is 1.55. The van der Waals surface area contributed by atoms with E-state index in [2.05, 4.69) is 419 Å². The van der Waals surface area contributed by atoms with E-state index in [1.54, 1.807) is 0 Å². The molecule has 6 nitrogen and oxygen atoms in total. The molecule has 114 heavy (non-hydrogen) atoms. The van der Waals surface area contributed by atoms with E-state index in [9.17, 15) is 0 Å². The van der Waals surface area contributed by atoms with Crippen molar-refractivity contribution in [1.29, 1.82) is 0 Å². The first kappa shape index (κ1) is 63.7. The predicted molar refractivity (Wildman–Crippen MR) is 476 cm³/mol. The zero-order valence-electron chi connectivity index (χ0n) is 61.7. The second-order valence-electron chi connectivity index (χ2n) is 30.3. The van der Waals surface area contributed by atoms with E-state index >= 15 is 0 Å². The number of fused-ring (bicyclic) bond motifs is 18. The second kappa shape index (κ2) is 25.2. The Morgan fingerprint density at radius 1 is 0.149 bits per heavy atom. The van der Waals surface area contributed by atoms with Crippen LogP contribution in [0.3, 0.4) is 0 Å². The summed E-state index contributed by atoms with van der Waals surface area (Å²) in [5.41, 5.74) is 33.0. The fourth-order valence-corrected chi connectivity index (χ4v) is 18.6. The quantitative estimate of drug-likeness (QED) is 0.130. The summed E-state index contributed by atoms with van der Waals surface area (Å²) in [7, 11) is 0. The number of benzene rings is 18. The van der Waals surface area contributed by atoms with Crippen LogP contribution in [-0.2, 0) is 0 Å². The Bertz CT molecular complexity index is 8060. The third kappa shape index (κ3) is 9.94. The molecule has 0 N–H and O–H groups in total. The first-order valence-electron chi connectivity index (χ1n) is 39.1. The smallest absolute Gasteiger partial charge is 0.159 e. The van der Waals surface area contributed by atoms with E-state index < -0.39 is 0 Å². The summed E-state index contributed by atoms with van der Waals surface area (Å²) in [6.07, 6.45) is 0. The van der Waals surface area contributed by atoms with Gasteiger partial charge in [0.1, 0.15) is 16.7 Å². The number of furan rings is 2. The average molecular weight is 1450 g/mol. The summed E-state index contributed by atoms with van der Waals surface area (Å²) < 4.78 is 23.6. The molecule has 0 spiro atoms. The summed E-state index contributed by atoms with van der Waals surface area (Å²) in [6.45, 7) is 0. The zero-order chi connectivity index (χ0) is 74.6. The van der Waals surface area contributed by atoms with Gasteiger partial charge in [-0.25, -0.2) is 0 Å². The molecule has 0 saturated carbocycles. The van der Waals surface area contributed by atoms with Crippen molar-refractivity contribution in [2.75, 3.05) is 0 Å². The molecule has 6 aromatic heterocycles. The Morgan fingerprint density at radius 2 is 0.474 bits per heavy atom. The minimum atomic E-state index is 0.839. The molecule has 530 valence electrons. The first-order chi connectivity index (χ1) is 56.5. The Labute approximate surface area is 655 Å². The second-order valence-corrected chi connectivity index (χ2v) is 30.3. The summed E-state index contributed by atoms with van der Waals surface area (Å²) >= 11 is 0. The lowest BCUT2D eigenvalue weighted by Gasteiger charge is -2.11. The van der Waals surface area contributed by atoms with Gasteiger partial charge in [0, 0.05) is 87.3 Å². The van der Waals surface area contributed by atoms with Crippen LogP contribution in [-0.4, -0.2) is 18.3 Å². The molecule has 0 atom stereocenters. The van der Waals surface area contributed by atoms with Crippen LogP contribution in [0, 0.1) is 0 Å². The maximum atomic E-state index is 7.03. The number of hydrogen-bond acceptors (Lipinski definition) is 2.